The highest BCUT2D eigenvalue weighted by atomic mass is 16.5. The van der Waals surface area contributed by atoms with Crippen LogP contribution in [0.4, 0.5) is 0 Å². The largest absolute Gasteiger partial charge is 0.477 e. The molecule has 6 nitrogen and oxygen atoms in total. The third-order valence-corrected chi connectivity index (χ3v) is 3.36. The summed E-state index contributed by atoms with van der Waals surface area (Å²) in [6.07, 6.45) is 2.46. The number of aromatic carboxylic acids is 1. The number of aryl methyl sites for hydroxylation is 2. The molecule has 1 atom stereocenters. The van der Waals surface area contributed by atoms with Crippen LogP contribution in [-0.4, -0.2) is 31.9 Å². The zero-order valence-electron chi connectivity index (χ0n) is 11.3. The van der Waals surface area contributed by atoms with Crippen molar-refractivity contribution in [3.8, 4) is 17.1 Å². The van der Waals surface area contributed by atoms with E-state index in [4.69, 9.17) is 4.74 Å². The van der Waals surface area contributed by atoms with Crippen LogP contribution in [0.25, 0.3) is 11.3 Å². The van der Waals surface area contributed by atoms with Crippen molar-refractivity contribution in [2.24, 2.45) is 0 Å². The van der Waals surface area contributed by atoms with Crippen molar-refractivity contribution in [1.29, 1.82) is 0 Å². The first-order valence-electron chi connectivity index (χ1n) is 6.50. The molecule has 0 radical (unpaired) electrons. The van der Waals surface area contributed by atoms with Crippen molar-refractivity contribution in [1.82, 2.24) is 14.8 Å². The van der Waals surface area contributed by atoms with E-state index in [0.29, 0.717) is 23.7 Å². The highest BCUT2D eigenvalue weighted by molar-refractivity contribution is 5.97. The molecule has 0 aromatic carbocycles. The molecule has 0 bridgehead atoms. The summed E-state index contributed by atoms with van der Waals surface area (Å²) in [6, 6.07) is 3.66. The summed E-state index contributed by atoms with van der Waals surface area (Å²) in [5, 5.41) is 13.8. The molecule has 0 fully saturated rings. The van der Waals surface area contributed by atoms with E-state index in [1.54, 1.807) is 10.9 Å². The van der Waals surface area contributed by atoms with Crippen LogP contribution in [0, 0.1) is 6.92 Å². The molecule has 2 aromatic heterocycles. The van der Waals surface area contributed by atoms with Gasteiger partial charge in [0.25, 0.3) is 0 Å². The molecule has 0 saturated carbocycles. The van der Waals surface area contributed by atoms with Crippen molar-refractivity contribution >= 4 is 5.97 Å². The van der Waals surface area contributed by atoms with E-state index in [1.807, 2.05) is 26.0 Å². The lowest BCUT2D eigenvalue weighted by atomic mass is 10.1. The second-order valence-electron chi connectivity index (χ2n) is 4.96. The van der Waals surface area contributed by atoms with Gasteiger partial charge in [-0.3, -0.25) is 4.98 Å². The summed E-state index contributed by atoms with van der Waals surface area (Å²) < 4.78 is 7.27. The van der Waals surface area contributed by atoms with E-state index in [2.05, 4.69) is 10.1 Å². The molecule has 6 heteroatoms. The molecule has 1 N–H and O–H groups in total. The molecule has 2 aromatic rings. The Kier molecular flexibility index (Phi) is 2.93. The second kappa shape index (κ2) is 4.63. The lowest BCUT2D eigenvalue weighted by molar-refractivity contribution is 0.0684. The SMILES string of the molecule is Cc1ccc(-c2nn3c(c2C(=O)O)O[C@H](C)CC3)cn1. The van der Waals surface area contributed by atoms with Crippen LogP contribution in [0.3, 0.4) is 0 Å². The number of carboxylic acid groups (broad SMARTS) is 1. The molecule has 0 amide bonds. The van der Waals surface area contributed by atoms with Gasteiger partial charge in [-0.05, 0) is 26.0 Å². The van der Waals surface area contributed by atoms with Gasteiger partial charge in [0.2, 0.25) is 5.88 Å². The van der Waals surface area contributed by atoms with Gasteiger partial charge in [-0.1, -0.05) is 0 Å². The van der Waals surface area contributed by atoms with Gasteiger partial charge in [-0.15, -0.1) is 0 Å². The first kappa shape index (κ1) is 12.7. The second-order valence-corrected chi connectivity index (χ2v) is 4.96. The van der Waals surface area contributed by atoms with Crippen molar-refractivity contribution in [2.45, 2.75) is 32.9 Å². The van der Waals surface area contributed by atoms with E-state index in [0.717, 1.165) is 12.1 Å². The van der Waals surface area contributed by atoms with Crippen molar-refractivity contribution in [2.75, 3.05) is 0 Å². The van der Waals surface area contributed by atoms with Crippen LogP contribution in [0.5, 0.6) is 5.88 Å². The Balaban J connectivity index is 2.16. The fourth-order valence-corrected chi connectivity index (χ4v) is 2.27. The zero-order valence-corrected chi connectivity index (χ0v) is 11.3. The van der Waals surface area contributed by atoms with Crippen LogP contribution >= 0.6 is 0 Å². The number of pyridine rings is 1. The number of nitrogens with zero attached hydrogens (tertiary/aromatic N) is 3. The quantitative estimate of drug-likeness (QED) is 0.906. The van der Waals surface area contributed by atoms with Crippen LogP contribution in [-0.2, 0) is 6.54 Å². The minimum atomic E-state index is -1.03. The van der Waals surface area contributed by atoms with Gasteiger partial charge in [0.05, 0.1) is 6.10 Å². The maximum Gasteiger partial charge on any atom is 0.343 e. The van der Waals surface area contributed by atoms with Crippen LogP contribution in [0.1, 0.15) is 29.4 Å². The van der Waals surface area contributed by atoms with Crippen molar-refractivity contribution < 1.29 is 14.6 Å². The van der Waals surface area contributed by atoms with Crippen molar-refractivity contribution in [3.63, 3.8) is 0 Å². The van der Waals surface area contributed by atoms with E-state index in [1.165, 1.54) is 0 Å². The number of ether oxygens (including phenoxy) is 1. The molecule has 3 heterocycles. The Hall–Kier alpha value is -2.37. The predicted octanol–water partition coefficient (Wildman–Crippen LogP) is 2.12. The fraction of sp³-hybridized carbons (Fsp3) is 0.357. The standard InChI is InChI=1S/C14H15N3O3/c1-8-3-4-10(7-15-8)12-11(14(18)19)13-17(16-12)6-5-9(2)20-13/h3-4,7,9H,5-6H2,1-2H3,(H,18,19)/t9-/m1/s1. The van der Waals surface area contributed by atoms with Gasteiger partial charge in [0.1, 0.15) is 11.3 Å². The molecule has 0 aliphatic carbocycles. The molecule has 0 unspecified atom stereocenters. The molecular formula is C14H15N3O3. The molecule has 20 heavy (non-hydrogen) atoms. The average molecular weight is 273 g/mol. The van der Waals surface area contributed by atoms with Gasteiger partial charge >= 0.3 is 5.97 Å². The minimum Gasteiger partial charge on any atom is -0.477 e. The highest BCUT2D eigenvalue weighted by Gasteiger charge is 2.29. The van der Waals surface area contributed by atoms with Gasteiger partial charge in [0.15, 0.2) is 0 Å². The minimum absolute atomic E-state index is 0.00120. The number of rotatable bonds is 2. The topological polar surface area (TPSA) is 77.2 Å². The number of carboxylic acids is 1. The zero-order chi connectivity index (χ0) is 14.3. The average Bonchev–Trinajstić information content (AvgIpc) is 2.78. The fourth-order valence-electron chi connectivity index (χ4n) is 2.27. The first-order chi connectivity index (χ1) is 9.56. The summed E-state index contributed by atoms with van der Waals surface area (Å²) in [4.78, 5) is 15.7. The Morgan fingerprint density at radius 1 is 1.50 bits per heavy atom. The van der Waals surface area contributed by atoms with Crippen LogP contribution < -0.4 is 4.74 Å². The molecule has 1 aliphatic heterocycles. The third kappa shape index (κ3) is 2.03. The smallest absolute Gasteiger partial charge is 0.343 e. The molecule has 0 spiro atoms. The van der Waals surface area contributed by atoms with E-state index in [-0.39, 0.29) is 11.7 Å². The van der Waals surface area contributed by atoms with Crippen molar-refractivity contribution in [3.05, 3.63) is 29.6 Å². The van der Waals surface area contributed by atoms with E-state index < -0.39 is 5.97 Å². The molecule has 1 aliphatic rings. The summed E-state index contributed by atoms with van der Waals surface area (Å²) >= 11 is 0. The predicted molar refractivity (Wildman–Crippen MR) is 71.9 cm³/mol. The summed E-state index contributed by atoms with van der Waals surface area (Å²) in [5.74, 6) is -0.692. The highest BCUT2D eigenvalue weighted by Crippen LogP contribution is 2.33. The number of hydrogen-bond donors (Lipinski definition) is 1. The Morgan fingerprint density at radius 2 is 2.30 bits per heavy atom. The Labute approximate surface area is 116 Å². The molecule has 3 rings (SSSR count). The monoisotopic (exact) mass is 273 g/mol. The van der Waals surface area contributed by atoms with Gasteiger partial charge in [0, 0.05) is 30.4 Å². The number of hydrogen-bond acceptors (Lipinski definition) is 4. The lowest BCUT2D eigenvalue weighted by Crippen LogP contribution is -2.24. The van der Waals surface area contributed by atoms with Crippen LogP contribution in [0.2, 0.25) is 0 Å². The summed E-state index contributed by atoms with van der Waals surface area (Å²) in [7, 11) is 0. The van der Waals surface area contributed by atoms with Gasteiger partial charge < -0.3 is 9.84 Å². The number of carbonyl (C=O) groups is 1. The third-order valence-electron chi connectivity index (χ3n) is 3.36. The summed E-state index contributed by atoms with van der Waals surface area (Å²) in [6.45, 7) is 4.47. The number of aromatic nitrogens is 3. The number of fused-ring (bicyclic) bond motifs is 1. The van der Waals surface area contributed by atoms with E-state index in [9.17, 15) is 9.90 Å². The lowest BCUT2D eigenvalue weighted by Gasteiger charge is -2.21. The molecule has 0 saturated heterocycles. The Morgan fingerprint density at radius 3 is 2.95 bits per heavy atom. The van der Waals surface area contributed by atoms with Crippen LogP contribution in [0.15, 0.2) is 18.3 Å². The maximum atomic E-state index is 11.5. The summed E-state index contributed by atoms with van der Waals surface area (Å²) in [5.41, 5.74) is 2.09. The van der Waals surface area contributed by atoms with Gasteiger partial charge in [-0.25, -0.2) is 9.48 Å². The molecular weight excluding hydrogens is 258 g/mol. The Bertz CT molecular complexity index is 661. The molecule has 104 valence electrons. The van der Waals surface area contributed by atoms with Gasteiger partial charge in [-0.2, -0.15) is 5.10 Å². The maximum absolute atomic E-state index is 11.5. The normalized spacial score (nSPS) is 17.4. The van der Waals surface area contributed by atoms with E-state index >= 15 is 0 Å². The first-order valence-corrected chi connectivity index (χ1v) is 6.50.